The third-order valence-corrected chi connectivity index (χ3v) is 3.03. The summed E-state index contributed by atoms with van der Waals surface area (Å²) in [5.74, 6) is -3.00. The number of hydrogen-bond acceptors (Lipinski definition) is 5. The molecule has 0 saturated carbocycles. The number of alkyl halides is 3. The fraction of sp³-hybridized carbons (Fsp3) is 0.267. The molecule has 0 bridgehead atoms. The van der Waals surface area contributed by atoms with Gasteiger partial charge in [0.1, 0.15) is 12.3 Å². The Morgan fingerprint density at radius 2 is 1.96 bits per heavy atom. The molecule has 0 fully saturated rings. The number of oxazole rings is 1. The van der Waals surface area contributed by atoms with Crippen LogP contribution in [0.3, 0.4) is 0 Å². The Hall–Kier alpha value is -2.84. The van der Waals surface area contributed by atoms with Crippen molar-refractivity contribution in [1.82, 2.24) is 10.3 Å². The quantitative estimate of drug-likeness (QED) is 0.842. The molecule has 0 aliphatic rings. The molecule has 2 rings (SSSR count). The molecular formula is C15H13F3N2O4. The predicted molar refractivity (Wildman–Crippen MR) is 75.6 cm³/mol. The van der Waals surface area contributed by atoms with Crippen LogP contribution in [0, 0.1) is 0 Å². The number of rotatable bonds is 5. The summed E-state index contributed by atoms with van der Waals surface area (Å²) in [6.07, 6.45) is -4.20. The van der Waals surface area contributed by atoms with Gasteiger partial charge < -0.3 is 14.5 Å². The summed E-state index contributed by atoms with van der Waals surface area (Å²) in [5.41, 5.74) is 0.865. The molecule has 1 N–H and O–H groups in total. The Kier molecular flexibility index (Phi) is 5.22. The Bertz CT molecular complexity index is 713. The number of halogens is 3. The molecule has 9 heteroatoms. The predicted octanol–water partition coefficient (Wildman–Crippen LogP) is 2.10. The first kappa shape index (κ1) is 17.5. The third-order valence-electron chi connectivity index (χ3n) is 3.03. The molecule has 1 amide bonds. The first-order valence-corrected chi connectivity index (χ1v) is 6.76. The van der Waals surface area contributed by atoms with Gasteiger partial charge in [0.2, 0.25) is 5.89 Å². The lowest BCUT2D eigenvalue weighted by molar-refractivity contribution is -0.175. The average molecular weight is 342 g/mol. The molecule has 24 heavy (non-hydrogen) atoms. The van der Waals surface area contributed by atoms with E-state index in [4.69, 9.17) is 4.42 Å². The van der Waals surface area contributed by atoms with Crippen LogP contribution in [-0.4, -0.2) is 36.2 Å². The number of nitrogens with one attached hydrogen (secondary N) is 1. The number of aromatic nitrogens is 1. The molecule has 0 unspecified atom stereocenters. The van der Waals surface area contributed by atoms with Crippen LogP contribution in [0.2, 0.25) is 0 Å². The summed E-state index contributed by atoms with van der Waals surface area (Å²) in [6, 6.07) is 7.27. The van der Waals surface area contributed by atoms with Crippen molar-refractivity contribution in [2.24, 2.45) is 0 Å². The van der Waals surface area contributed by atoms with E-state index in [9.17, 15) is 22.8 Å². The molecule has 1 atom stereocenters. The summed E-state index contributed by atoms with van der Waals surface area (Å²) >= 11 is 0. The van der Waals surface area contributed by atoms with E-state index in [2.05, 4.69) is 9.72 Å². The molecule has 0 aliphatic carbocycles. The molecule has 0 radical (unpaired) electrons. The van der Waals surface area contributed by atoms with Crippen molar-refractivity contribution in [1.29, 1.82) is 0 Å². The van der Waals surface area contributed by atoms with Crippen molar-refractivity contribution in [2.45, 2.75) is 18.6 Å². The summed E-state index contributed by atoms with van der Waals surface area (Å²) < 4.78 is 46.7. The standard InChI is InChI=1S/C15H13F3N2O4/c1-23-13(21)11(20-14(22)15(16,17)18)7-10-8-24-12(19-10)9-5-3-2-4-6-9/h2-6,8,11H,7H2,1H3,(H,20,22)/t11-/m0/s1. The highest BCUT2D eigenvalue weighted by Crippen LogP contribution is 2.19. The molecule has 2 aromatic rings. The normalized spacial score (nSPS) is 12.5. The summed E-state index contributed by atoms with van der Waals surface area (Å²) in [4.78, 5) is 26.7. The lowest BCUT2D eigenvalue weighted by atomic mass is 10.1. The van der Waals surface area contributed by atoms with E-state index >= 15 is 0 Å². The molecule has 0 spiro atoms. The fourth-order valence-corrected chi connectivity index (χ4v) is 1.90. The smallest absolute Gasteiger partial charge is 0.467 e. The van der Waals surface area contributed by atoms with Gasteiger partial charge in [-0.3, -0.25) is 4.79 Å². The highest BCUT2D eigenvalue weighted by molar-refractivity contribution is 5.87. The minimum atomic E-state index is -5.11. The topological polar surface area (TPSA) is 81.4 Å². The number of benzene rings is 1. The van der Waals surface area contributed by atoms with Crippen molar-refractivity contribution < 1.29 is 31.9 Å². The highest BCUT2D eigenvalue weighted by atomic mass is 19.4. The zero-order chi connectivity index (χ0) is 17.7. The van der Waals surface area contributed by atoms with E-state index in [-0.39, 0.29) is 18.0 Å². The fourth-order valence-electron chi connectivity index (χ4n) is 1.90. The molecule has 0 aliphatic heterocycles. The van der Waals surface area contributed by atoms with Crippen LogP contribution in [0.5, 0.6) is 0 Å². The van der Waals surface area contributed by atoms with Gasteiger partial charge in [-0.15, -0.1) is 0 Å². The second-order valence-corrected chi connectivity index (χ2v) is 4.76. The average Bonchev–Trinajstić information content (AvgIpc) is 3.02. The van der Waals surface area contributed by atoms with Gasteiger partial charge in [-0.05, 0) is 12.1 Å². The number of nitrogens with zero attached hydrogens (tertiary/aromatic N) is 1. The van der Waals surface area contributed by atoms with Gasteiger partial charge in [-0.1, -0.05) is 18.2 Å². The molecule has 1 aromatic carbocycles. The molecule has 0 saturated heterocycles. The van der Waals surface area contributed by atoms with Crippen LogP contribution in [0.4, 0.5) is 13.2 Å². The maximum Gasteiger partial charge on any atom is 0.471 e. The van der Waals surface area contributed by atoms with E-state index in [0.29, 0.717) is 5.56 Å². The number of carbonyl (C=O) groups excluding carboxylic acids is 2. The Labute approximate surface area is 134 Å². The van der Waals surface area contributed by atoms with Crippen LogP contribution < -0.4 is 5.32 Å². The number of amides is 1. The number of carbonyl (C=O) groups is 2. The van der Waals surface area contributed by atoms with Crippen LogP contribution in [0.15, 0.2) is 41.0 Å². The van der Waals surface area contributed by atoms with Gasteiger partial charge in [0.15, 0.2) is 0 Å². The van der Waals surface area contributed by atoms with Gasteiger partial charge in [0.25, 0.3) is 0 Å². The lowest BCUT2D eigenvalue weighted by Crippen LogP contribution is -2.48. The van der Waals surface area contributed by atoms with Gasteiger partial charge in [0, 0.05) is 12.0 Å². The minimum Gasteiger partial charge on any atom is -0.467 e. The van der Waals surface area contributed by atoms with E-state index < -0.39 is 24.1 Å². The zero-order valence-electron chi connectivity index (χ0n) is 12.5. The minimum absolute atomic E-state index is 0.201. The molecule has 1 aromatic heterocycles. The van der Waals surface area contributed by atoms with E-state index in [1.807, 2.05) is 0 Å². The molecule has 1 heterocycles. The first-order valence-electron chi connectivity index (χ1n) is 6.76. The second kappa shape index (κ2) is 7.16. The Balaban J connectivity index is 2.14. The van der Waals surface area contributed by atoms with Gasteiger partial charge >= 0.3 is 18.1 Å². The largest absolute Gasteiger partial charge is 0.471 e. The van der Waals surface area contributed by atoms with Crippen molar-refractivity contribution in [2.75, 3.05) is 7.11 Å². The van der Waals surface area contributed by atoms with Crippen LogP contribution in [0.1, 0.15) is 5.69 Å². The SMILES string of the molecule is COC(=O)[C@H](Cc1coc(-c2ccccc2)n1)NC(=O)C(F)(F)F. The molecular weight excluding hydrogens is 329 g/mol. The summed E-state index contributed by atoms with van der Waals surface area (Å²) in [6.45, 7) is 0. The highest BCUT2D eigenvalue weighted by Gasteiger charge is 2.41. The maximum atomic E-state index is 12.3. The summed E-state index contributed by atoms with van der Waals surface area (Å²) in [7, 11) is 1.01. The number of ether oxygens (including phenoxy) is 1. The number of methoxy groups -OCH3 is 1. The molecule has 128 valence electrons. The van der Waals surface area contributed by atoms with E-state index in [1.54, 1.807) is 35.6 Å². The van der Waals surface area contributed by atoms with Crippen molar-refractivity contribution >= 4 is 11.9 Å². The lowest BCUT2D eigenvalue weighted by Gasteiger charge is -2.16. The maximum absolute atomic E-state index is 12.3. The third kappa shape index (κ3) is 4.34. The first-order chi connectivity index (χ1) is 11.3. The van der Waals surface area contributed by atoms with E-state index in [1.165, 1.54) is 6.26 Å². The van der Waals surface area contributed by atoms with Gasteiger partial charge in [0.05, 0.1) is 12.8 Å². The van der Waals surface area contributed by atoms with Crippen LogP contribution >= 0.6 is 0 Å². The second-order valence-electron chi connectivity index (χ2n) is 4.76. The Morgan fingerprint density at radius 3 is 2.54 bits per heavy atom. The number of esters is 1. The van der Waals surface area contributed by atoms with Gasteiger partial charge in [-0.25, -0.2) is 9.78 Å². The molecule has 6 nitrogen and oxygen atoms in total. The summed E-state index contributed by atoms with van der Waals surface area (Å²) in [5, 5.41) is 1.59. The monoisotopic (exact) mass is 342 g/mol. The van der Waals surface area contributed by atoms with Crippen LogP contribution in [0.25, 0.3) is 11.5 Å². The van der Waals surface area contributed by atoms with Gasteiger partial charge in [-0.2, -0.15) is 13.2 Å². The van der Waals surface area contributed by atoms with Crippen molar-refractivity contribution in [3.8, 4) is 11.5 Å². The van der Waals surface area contributed by atoms with Crippen LogP contribution in [-0.2, 0) is 20.7 Å². The van der Waals surface area contributed by atoms with Crippen molar-refractivity contribution in [3.63, 3.8) is 0 Å². The number of hydrogen-bond donors (Lipinski definition) is 1. The zero-order valence-corrected chi connectivity index (χ0v) is 12.5. The van der Waals surface area contributed by atoms with E-state index in [0.717, 1.165) is 7.11 Å². The van der Waals surface area contributed by atoms with Crippen molar-refractivity contribution in [3.05, 3.63) is 42.3 Å². The Morgan fingerprint density at radius 1 is 1.29 bits per heavy atom.